The number of carbonyl (C=O) groups excluding carboxylic acids is 1. The molecule has 1 aliphatic carbocycles. The van der Waals surface area contributed by atoms with Gasteiger partial charge in [-0.1, -0.05) is 12.8 Å². The molecule has 0 aliphatic heterocycles. The summed E-state index contributed by atoms with van der Waals surface area (Å²) in [4.78, 5) is 12.1. The normalized spacial score (nSPS) is 16.8. The van der Waals surface area contributed by atoms with E-state index >= 15 is 0 Å². The number of rotatable bonds is 6. The minimum Gasteiger partial charge on any atom is -0.468 e. The first-order chi connectivity index (χ1) is 10.7. The van der Waals surface area contributed by atoms with Gasteiger partial charge >= 0.3 is 0 Å². The zero-order valence-electron chi connectivity index (χ0n) is 12.8. The van der Waals surface area contributed by atoms with E-state index in [1.54, 1.807) is 12.5 Å². The predicted molar refractivity (Wildman–Crippen MR) is 83.5 cm³/mol. The molecule has 0 saturated heterocycles. The van der Waals surface area contributed by atoms with E-state index in [4.69, 9.17) is 4.42 Å². The lowest BCUT2D eigenvalue weighted by atomic mass is 10.2. The van der Waals surface area contributed by atoms with Crippen LogP contribution < -0.4 is 10.6 Å². The molecular formula is C16H22N4O2. The van der Waals surface area contributed by atoms with Gasteiger partial charge in [0.1, 0.15) is 11.6 Å². The van der Waals surface area contributed by atoms with Crippen LogP contribution in [0.15, 0.2) is 35.1 Å². The van der Waals surface area contributed by atoms with Gasteiger partial charge in [-0.05, 0) is 31.9 Å². The Kier molecular flexibility index (Phi) is 4.58. The van der Waals surface area contributed by atoms with Crippen LogP contribution in [0.4, 0.5) is 5.82 Å². The summed E-state index contributed by atoms with van der Waals surface area (Å²) in [6.07, 6.45) is 8.12. The lowest BCUT2D eigenvalue weighted by Crippen LogP contribution is -2.30. The van der Waals surface area contributed by atoms with Crippen molar-refractivity contribution in [2.75, 3.05) is 11.9 Å². The molecule has 6 nitrogen and oxygen atoms in total. The van der Waals surface area contributed by atoms with Gasteiger partial charge in [-0.3, -0.25) is 10.1 Å². The Bertz CT molecular complexity index is 599. The van der Waals surface area contributed by atoms with Crippen molar-refractivity contribution in [3.05, 3.63) is 36.4 Å². The average Bonchev–Trinajstić information content (AvgIpc) is 3.24. The van der Waals surface area contributed by atoms with Crippen LogP contribution in [0.25, 0.3) is 0 Å². The van der Waals surface area contributed by atoms with Crippen molar-refractivity contribution in [2.24, 2.45) is 0 Å². The molecule has 1 unspecified atom stereocenters. The summed E-state index contributed by atoms with van der Waals surface area (Å²) >= 11 is 0. The fraction of sp³-hybridized carbons (Fsp3) is 0.500. The number of amides is 1. The SMILES string of the molecule is CC(NCC(=O)Nc1ccnn1C1CCCC1)c1ccco1. The largest absolute Gasteiger partial charge is 0.468 e. The molecule has 0 spiro atoms. The van der Waals surface area contributed by atoms with Crippen molar-refractivity contribution in [1.29, 1.82) is 0 Å². The topological polar surface area (TPSA) is 72.1 Å². The summed E-state index contributed by atoms with van der Waals surface area (Å²) < 4.78 is 7.26. The Morgan fingerprint density at radius 2 is 2.27 bits per heavy atom. The minimum atomic E-state index is -0.0712. The van der Waals surface area contributed by atoms with Gasteiger partial charge in [-0.2, -0.15) is 5.10 Å². The van der Waals surface area contributed by atoms with E-state index in [0.717, 1.165) is 24.4 Å². The van der Waals surface area contributed by atoms with E-state index in [1.807, 2.05) is 29.8 Å². The molecule has 3 rings (SSSR count). The van der Waals surface area contributed by atoms with E-state index in [0.29, 0.717) is 6.04 Å². The third kappa shape index (κ3) is 3.39. The molecule has 1 saturated carbocycles. The number of aromatic nitrogens is 2. The van der Waals surface area contributed by atoms with Crippen LogP contribution in [-0.2, 0) is 4.79 Å². The van der Waals surface area contributed by atoms with Gasteiger partial charge in [0.2, 0.25) is 5.91 Å². The van der Waals surface area contributed by atoms with Crippen molar-refractivity contribution < 1.29 is 9.21 Å². The zero-order valence-corrected chi connectivity index (χ0v) is 12.8. The van der Waals surface area contributed by atoms with E-state index in [1.165, 1.54) is 12.8 Å². The van der Waals surface area contributed by atoms with Gasteiger partial charge in [-0.15, -0.1) is 0 Å². The number of hydrogen-bond acceptors (Lipinski definition) is 4. The maximum atomic E-state index is 12.1. The van der Waals surface area contributed by atoms with E-state index in [9.17, 15) is 4.79 Å². The van der Waals surface area contributed by atoms with Gasteiger partial charge in [-0.25, -0.2) is 4.68 Å². The molecule has 2 aromatic rings. The van der Waals surface area contributed by atoms with Crippen molar-refractivity contribution >= 4 is 11.7 Å². The summed E-state index contributed by atoms with van der Waals surface area (Å²) in [5.41, 5.74) is 0. The average molecular weight is 302 g/mol. The Labute approximate surface area is 129 Å². The fourth-order valence-corrected chi connectivity index (χ4v) is 2.92. The van der Waals surface area contributed by atoms with Crippen molar-refractivity contribution in [1.82, 2.24) is 15.1 Å². The summed E-state index contributed by atoms with van der Waals surface area (Å²) in [5.74, 6) is 1.53. The van der Waals surface area contributed by atoms with Crippen LogP contribution in [0.5, 0.6) is 0 Å². The fourth-order valence-electron chi connectivity index (χ4n) is 2.92. The first-order valence-electron chi connectivity index (χ1n) is 7.84. The smallest absolute Gasteiger partial charge is 0.239 e. The van der Waals surface area contributed by atoms with Crippen LogP contribution in [0, 0.1) is 0 Å². The predicted octanol–water partition coefficient (Wildman–Crippen LogP) is 2.88. The maximum Gasteiger partial charge on any atom is 0.239 e. The molecule has 2 aromatic heterocycles. The monoisotopic (exact) mass is 302 g/mol. The van der Waals surface area contributed by atoms with Crippen LogP contribution >= 0.6 is 0 Å². The van der Waals surface area contributed by atoms with Crippen LogP contribution in [-0.4, -0.2) is 22.2 Å². The van der Waals surface area contributed by atoms with E-state index in [2.05, 4.69) is 15.7 Å². The summed E-state index contributed by atoms with van der Waals surface area (Å²) in [6, 6.07) is 6.01. The highest BCUT2D eigenvalue weighted by molar-refractivity contribution is 5.91. The first-order valence-corrected chi connectivity index (χ1v) is 7.84. The third-order valence-corrected chi connectivity index (χ3v) is 4.15. The molecule has 6 heteroatoms. The Hall–Kier alpha value is -2.08. The lowest BCUT2D eigenvalue weighted by molar-refractivity contribution is -0.115. The number of carbonyl (C=O) groups is 1. The lowest BCUT2D eigenvalue weighted by Gasteiger charge is -2.15. The summed E-state index contributed by atoms with van der Waals surface area (Å²) in [6.45, 7) is 2.20. The molecular weight excluding hydrogens is 280 g/mol. The second kappa shape index (κ2) is 6.79. The van der Waals surface area contributed by atoms with Crippen molar-refractivity contribution in [3.8, 4) is 0 Å². The van der Waals surface area contributed by atoms with Crippen LogP contribution in [0.1, 0.15) is 50.5 Å². The second-order valence-electron chi connectivity index (χ2n) is 5.77. The number of nitrogens with zero attached hydrogens (tertiary/aromatic N) is 2. The molecule has 1 fully saturated rings. The van der Waals surface area contributed by atoms with E-state index < -0.39 is 0 Å². The van der Waals surface area contributed by atoms with E-state index in [-0.39, 0.29) is 18.5 Å². The van der Waals surface area contributed by atoms with Gasteiger partial charge in [0.15, 0.2) is 0 Å². The molecule has 118 valence electrons. The molecule has 2 N–H and O–H groups in total. The Morgan fingerprint density at radius 3 is 3.00 bits per heavy atom. The van der Waals surface area contributed by atoms with Gasteiger partial charge in [0.25, 0.3) is 0 Å². The number of furan rings is 1. The van der Waals surface area contributed by atoms with Gasteiger partial charge < -0.3 is 9.73 Å². The highest BCUT2D eigenvalue weighted by Gasteiger charge is 2.20. The second-order valence-corrected chi connectivity index (χ2v) is 5.77. The van der Waals surface area contributed by atoms with Crippen molar-refractivity contribution in [3.63, 3.8) is 0 Å². The molecule has 1 aliphatic rings. The molecule has 1 atom stereocenters. The Balaban J connectivity index is 1.53. The highest BCUT2D eigenvalue weighted by Crippen LogP contribution is 2.31. The summed E-state index contributed by atoms with van der Waals surface area (Å²) in [7, 11) is 0. The molecule has 1 amide bonds. The zero-order chi connectivity index (χ0) is 15.4. The highest BCUT2D eigenvalue weighted by atomic mass is 16.3. The van der Waals surface area contributed by atoms with Crippen LogP contribution in [0.3, 0.4) is 0 Å². The maximum absolute atomic E-state index is 12.1. The minimum absolute atomic E-state index is 0.000456. The van der Waals surface area contributed by atoms with Crippen molar-refractivity contribution in [2.45, 2.75) is 44.7 Å². The quantitative estimate of drug-likeness (QED) is 0.860. The first kappa shape index (κ1) is 14.8. The number of nitrogens with one attached hydrogen (secondary N) is 2. The molecule has 2 heterocycles. The Morgan fingerprint density at radius 1 is 1.45 bits per heavy atom. The third-order valence-electron chi connectivity index (χ3n) is 4.15. The molecule has 0 bridgehead atoms. The van der Waals surface area contributed by atoms with Gasteiger partial charge in [0.05, 0.1) is 31.1 Å². The number of anilines is 1. The van der Waals surface area contributed by atoms with Crippen LogP contribution in [0.2, 0.25) is 0 Å². The standard InChI is InChI=1S/C16H22N4O2/c1-12(14-7-4-10-22-14)17-11-16(21)19-15-8-9-18-20(15)13-5-2-3-6-13/h4,7-10,12-13,17H,2-3,5-6,11H2,1H3,(H,19,21). The number of hydrogen-bond donors (Lipinski definition) is 2. The molecule has 0 aromatic carbocycles. The molecule has 22 heavy (non-hydrogen) atoms. The summed E-state index contributed by atoms with van der Waals surface area (Å²) in [5, 5.41) is 10.4. The van der Waals surface area contributed by atoms with Gasteiger partial charge in [0, 0.05) is 6.07 Å². The molecule has 0 radical (unpaired) electrons.